The summed E-state index contributed by atoms with van der Waals surface area (Å²) in [6, 6.07) is 13.8. The van der Waals surface area contributed by atoms with E-state index in [1.54, 1.807) is 0 Å². The number of nitrogens with zero attached hydrogens (tertiary/aromatic N) is 2. The summed E-state index contributed by atoms with van der Waals surface area (Å²) in [6.45, 7) is 13.0. The fourth-order valence-electron chi connectivity index (χ4n) is 3.71. The summed E-state index contributed by atoms with van der Waals surface area (Å²) in [6.07, 6.45) is 0. The molecule has 1 aliphatic rings. The standard InChI is InChI=1S/C24H31N3O2/c1-17-14-18(2)16-19(15-17)22(28)25-20-6-8-21(9-7-20)26-10-12-27(13-11-26)23(29)24(3,4)5/h6-9,14-16H,10-13H2,1-5H3,(H,25,28). The summed E-state index contributed by atoms with van der Waals surface area (Å²) in [5.74, 6) is 0.112. The molecular weight excluding hydrogens is 362 g/mol. The summed E-state index contributed by atoms with van der Waals surface area (Å²) < 4.78 is 0. The van der Waals surface area contributed by atoms with Crippen LogP contribution in [0, 0.1) is 19.3 Å². The average molecular weight is 394 g/mol. The van der Waals surface area contributed by atoms with E-state index >= 15 is 0 Å². The second kappa shape index (κ2) is 8.27. The van der Waals surface area contributed by atoms with Gasteiger partial charge >= 0.3 is 0 Å². The smallest absolute Gasteiger partial charge is 0.255 e. The van der Waals surface area contributed by atoms with Gasteiger partial charge in [0.1, 0.15) is 0 Å². The average Bonchev–Trinajstić information content (AvgIpc) is 2.66. The van der Waals surface area contributed by atoms with Crippen LogP contribution in [-0.2, 0) is 4.79 Å². The van der Waals surface area contributed by atoms with Crippen LogP contribution in [0.3, 0.4) is 0 Å². The molecule has 0 spiro atoms. The molecule has 1 aliphatic heterocycles. The number of carbonyl (C=O) groups excluding carboxylic acids is 2. The highest BCUT2D eigenvalue weighted by Gasteiger charge is 2.29. The van der Waals surface area contributed by atoms with Crippen molar-refractivity contribution in [2.45, 2.75) is 34.6 Å². The van der Waals surface area contributed by atoms with E-state index in [0.717, 1.165) is 48.7 Å². The monoisotopic (exact) mass is 393 g/mol. The Bertz CT molecular complexity index is 869. The fraction of sp³-hybridized carbons (Fsp3) is 0.417. The van der Waals surface area contributed by atoms with E-state index in [4.69, 9.17) is 0 Å². The largest absolute Gasteiger partial charge is 0.368 e. The first kappa shape index (κ1) is 20.9. The van der Waals surface area contributed by atoms with Gasteiger partial charge in [-0.25, -0.2) is 0 Å². The Hall–Kier alpha value is -2.82. The number of anilines is 2. The first-order chi connectivity index (χ1) is 13.6. The normalized spacial score (nSPS) is 14.7. The van der Waals surface area contributed by atoms with Gasteiger partial charge in [-0.3, -0.25) is 9.59 Å². The van der Waals surface area contributed by atoms with Crippen molar-refractivity contribution in [1.29, 1.82) is 0 Å². The molecule has 0 radical (unpaired) electrons. The number of amides is 2. The molecule has 2 aromatic rings. The lowest BCUT2D eigenvalue weighted by molar-refractivity contribution is -0.139. The second-order valence-electron chi connectivity index (χ2n) is 8.91. The fourth-order valence-corrected chi connectivity index (χ4v) is 3.71. The molecule has 29 heavy (non-hydrogen) atoms. The topological polar surface area (TPSA) is 52.7 Å². The number of carbonyl (C=O) groups is 2. The van der Waals surface area contributed by atoms with Crippen molar-refractivity contribution in [3.63, 3.8) is 0 Å². The quantitative estimate of drug-likeness (QED) is 0.848. The molecule has 1 fully saturated rings. The predicted molar refractivity (Wildman–Crippen MR) is 119 cm³/mol. The molecule has 5 heteroatoms. The Morgan fingerprint density at radius 2 is 1.41 bits per heavy atom. The first-order valence-electron chi connectivity index (χ1n) is 10.2. The van der Waals surface area contributed by atoms with E-state index in [9.17, 15) is 9.59 Å². The molecule has 5 nitrogen and oxygen atoms in total. The van der Waals surface area contributed by atoms with Crippen molar-refractivity contribution >= 4 is 23.2 Å². The van der Waals surface area contributed by atoms with E-state index in [0.29, 0.717) is 5.56 Å². The van der Waals surface area contributed by atoms with E-state index in [2.05, 4.69) is 16.3 Å². The van der Waals surface area contributed by atoms with Crippen LogP contribution in [0.15, 0.2) is 42.5 Å². The maximum Gasteiger partial charge on any atom is 0.255 e. The highest BCUT2D eigenvalue weighted by molar-refractivity contribution is 6.04. The van der Waals surface area contributed by atoms with Crippen molar-refractivity contribution < 1.29 is 9.59 Å². The van der Waals surface area contributed by atoms with Crippen LogP contribution < -0.4 is 10.2 Å². The van der Waals surface area contributed by atoms with Crippen LogP contribution in [0.25, 0.3) is 0 Å². The molecular formula is C24H31N3O2. The summed E-state index contributed by atoms with van der Waals surface area (Å²) >= 11 is 0. The number of piperazine rings is 1. The Labute approximate surface area is 173 Å². The van der Waals surface area contributed by atoms with Crippen LogP contribution in [0.5, 0.6) is 0 Å². The second-order valence-corrected chi connectivity index (χ2v) is 8.91. The van der Waals surface area contributed by atoms with Crippen LogP contribution in [0.1, 0.15) is 42.3 Å². The van der Waals surface area contributed by atoms with Gasteiger partial charge in [-0.1, -0.05) is 38.0 Å². The third kappa shape index (κ3) is 5.17. The Balaban J connectivity index is 1.59. The van der Waals surface area contributed by atoms with Gasteiger partial charge in [-0.05, 0) is 50.2 Å². The van der Waals surface area contributed by atoms with Crippen molar-refractivity contribution in [2.75, 3.05) is 36.4 Å². The Morgan fingerprint density at radius 3 is 1.93 bits per heavy atom. The van der Waals surface area contributed by atoms with Gasteiger partial charge in [0.05, 0.1) is 0 Å². The van der Waals surface area contributed by atoms with Crippen LogP contribution in [0.2, 0.25) is 0 Å². The minimum Gasteiger partial charge on any atom is -0.368 e. The van der Waals surface area contributed by atoms with Crippen molar-refractivity contribution in [3.05, 3.63) is 59.2 Å². The summed E-state index contributed by atoms with van der Waals surface area (Å²) in [5.41, 5.74) is 4.38. The summed E-state index contributed by atoms with van der Waals surface area (Å²) in [4.78, 5) is 29.2. The molecule has 3 rings (SSSR count). The van der Waals surface area contributed by atoms with Crippen molar-refractivity contribution in [2.24, 2.45) is 5.41 Å². The molecule has 0 aromatic heterocycles. The Morgan fingerprint density at radius 1 is 0.862 bits per heavy atom. The zero-order chi connectivity index (χ0) is 21.2. The van der Waals surface area contributed by atoms with Crippen molar-refractivity contribution in [3.8, 4) is 0 Å². The van der Waals surface area contributed by atoms with Crippen molar-refractivity contribution in [1.82, 2.24) is 4.90 Å². The number of hydrogen-bond donors (Lipinski definition) is 1. The number of hydrogen-bond acceptors (Lipinski definition) is 3. The molecule has 0 atom stereocenters. The maximum absolute atomic E-state index is 12.5. The minimum absolute atomic E-state index is 0.0983. The van der Waals surface area contributed by atoms with Gasteiger partial charge in [0.25, 0.3) is 5.91 Å². The van der Waals surface area contributed by atoms with Crippen LogP contribution in [-0.4, -0.2) is 42.9 Å². The Kier molecular flexibility index (Phi) is 5.96. The van der Waals surface area contributed by atoms with Crippen LogP contribution >= 0.6 is 0 Å². The van der Waals surface area contributed by atoms with Gasteiger partial charge < -0.3 is 15.1 Å². The zero-order valence-electron chi connectivity index (χ0n) is 18.1. The van der Waals surface area contributed by atoms with E-state index in [1.165, 1.54) is 0 Å². The third-order valence-corrected chi connectivity index (χ3v) is 5.18. The summed E-state index contributed by atoms with van der Waals surface area (Å²) in [5, 5.41) is 2.97. The highest BCUT2D eigenvalue weighted by atomic mass is 16.2. The molecule has 0 unspecified atom stereocenters. The number of benzene rings is 2. The number of rotatable bonds is 3. The molecule has 1 N–H and O–H groups in total. The first-order valence-corrected chi connectivity index (χ1v) is 10.2. The summed E-state index contributed by atoms with van der Waals surface area (Å²) in [7, 11) is 0. The van der Waals surface area contributed by atoms with Gasteiger partial charge in [-0.2, -0.15) is 0 Å². The zero-order valence-corrected chi connectivity index (χ0v) is 18.1. The van der Waals surface area contributed by atoms with Gasteiger partial charge in [0, 0.05) is 48.5 Å². The predicted octanol–water partition coefficient (Wildman–Crippen LogP) is 4.25. The van der Waals surface area contributed by atoms with Gasteiger partial charge in [-0.15, -0.1) is 0 Å². The molecule has 1 heterocycles. The molecule has 1 saturated heterocycles. The molecule has 2 amide bonds. The lowest BCUT2D eigenvalue weighted by Gasteiger charge is -2.38. The number of aryl methyl sites for hydroxylation is 2. The molecule has 0 aliphatic carbocycles. The minimum atomic E-state index is -0.335. The van der Waals surface area contributed by atoms with Gasteiger partial charge in [0.15, 0.2) is 0 Å². The number of nitrogens with one attached hydrogen (secondary N) is 1. The van der Waals surface area contributed by atoms with Gasteiger partial charge in [0.2, 0.25) is 5.91 Å². The maximum atomic E-state index is 12.5. The third-order valence-electron chi connectivity index (χ3n) is 5.18. The van der Waals surface area contributed by atoms with Crippen LogP contribution in [0.4, 0.5) is 11.4 Å². The van der Waals surface area contributed by atoms with E-state index in [1.807, 2.05) is 75.9 Å². The highest BCUT2D eigenvalue weighted by Crippen LogP contribution is 2.23. The lowest BCUT2D eigenvalue weighted by Crippen LogP contribution is -2.51. The SMILES string of the molecule is Cc1cc(C)cc(C(=O)Nc2ccc(N3CCN(C(=O)C(C)(C)C)CC3)cc2)c1. The molecule has 0 saturated carbocycles. The molecule has 154 valence electrons. The molecule has 2 aromatic carbocycles. The lowest BCUT2D eigenvalue weighted by atomic mass is 9.94. The van der Waals surface area contributed by atoms with E-state index in [-0.39, 0.29) is 17.2 Å². The molecule has 0 bridgehead atoms. The van der Waals surface area contributed by atoms with E-state index < -0.39 is 0 Å².